The number of carbonyl (C=O) groups excluding carboxylic acids is 2. The van der Waals surface area contributed by atoms with Gasteiger partial charge >= 0.3 is 0 Å². The molecule has 0 aliphatic carbocycles. The zero-order valence-corrected chi connectivity index (χ0v) is 11.4. The molecule has 0 heterocycles. The SMILES string of the molecule is CSCC[C@H](NC(=O)c1cccc(C)c1)C(N)=O. The topological polar surface area (TPSA) is 72.2 Å². The van der Waals surface area contributed by atoms with Crippen LogP contribution in [-0.2, 0) is 4.79 Å². The second-order valence-corrected chi connectivity index (χ2v) is 5.06. The van der Waals surface area contributed by atoms with Crippen LogP contribution in [0.3, 0.4) is 0 Å². The van der Waals surface area contributed by atoms with E-state index in [1.807, 2.05) is 25.3 Å². The second kappa shape index (κ2) is 7.06. The van der Waals surface area contributed by atoms with Crippen molar-refractivity contribution in [2.75, 3.05) is 12.0 Å². The molecule has 0 aromatic heterocycles. The summed E-state index contributed by atoms with van der Waals surface area (Å²) in [4.78, 5) is 23.2. The van der Waals surface area contributed by atoms with E-state index >= 15 is 0 Å². The summed E-state index contributed by atoms with van der Waals surface area (Å²) in [5.74, 6) is 0.0236. The number of benzene rings is 1. The molecule has 0 saturated heterocycles. The maximum atomic E-state index is 11.9. The van der Waals surface area contributed by atoms with Crippen LogP contribution in [0.25, 0.3) is 0 Å². The predicted octanol–water partition coefficient (Wildman–Crippen LogP) is 1.33. The van der Waals surface area contributed by atoms with Crippen molar-refractivity contribution in [2.45, 2.75) is 19.4 Å². The van der Waals surface area contributed by atoms with Crippen LogP contribution in [0.4, 0.5) is 0 Å². The van der Waals surface area contributed by atoms with E-state index in [1.54, 1.807) is 23.9 Å². The minimum absolute atomic E-state index is 0.261. The molecular formula is C13H18N2O2S. The largest absolute Gasteiger partial charge is 0.368 e. The fourth-order valence-electron chi connectivity index (χ4n) is 1.55. The fourth-order valence-corrected chi connectivity index (χ4v) is 2.02. The highest BCUT2D eigenvalue weighted by Crippen LogP contribution is 2.06. The lowest BCUT2D eigenvalue weighted by Crippen LogP contribution is -2.44. The second-order valence-electron chi connectivity index (χ2n) is 4.08. The normalized spacial score (nSPS) is 11.9. The number of rotatable bonds is 6. The smallest absolute Gasteiger partial charge is 0.251 e. The summed E-state index contributed by atoms with van der Waals surface area (Å²) < 4.78 is 0. The first-order chi connectivity index (χ1) is 8.54. The van der Waals surface area contributed by atoms with E-state index in [1.165, 1.54) is 0 Å². The molecule has 2 amide bonds. The Labute approximate surface area is 111 Å². The van der Waals surface area contributed by atoms with Gasteiger partial charge < -0.3 is 11.1 Å². The number of nitrogens with one attached hydrogen (secondary N) is 1. The summed E-state index contributed by atoms with van der Waals surface area (Å²) in [7, 11) is 0. The van der Waals surface area contributed by atoms with E-state index < -0.39 is 11.9 Å². The molecule has 5 heteroatoms. The van der Waals surface area contributed by atoms with Crippen LogP contribution in [0.1, 0.15) is 22.3 Å². The van der Waals surface area contributed by atoms with Gasteiger partial charge in [0.1, 0.15) is 6.04 Å². The summed E-state index contributed by atoms with van der Waals surface area (Å²) in [6.45, 7) is 1.91. The van der Waals surface area contributed by atoms with E-state index in [-0.39, 0.29) is 5.91 Å². The Morgan fingerprint density at radius 2 is 2.17 bits per heavy atom. The van der Waals surface area contributed by atoms with E-state index in [9.17, 15) is 9.59 Å². The van der Waals surface area contributed by atoms with E-state index in [0.717, 1.165) is 11.3 Å². The lowest BCUT2D eigenvalue weighted by Gasteiger charge is -2.15. The molecular weight excluding hydrogens is 248 g/mol. The third-order valence-corrected chi connectivity index (χ3v) is 3.18. The van der Waals surface area contributed by atoms with E-state index in [0.29, 0.717) is 12.0 Å². The van der Waals surface area contributed by atoms with Gasteiger partial charge in [-0.1, -0.05) is 17.7 Å². The Bertz CT molecular complexity index is 435. The van der Waals surface area contributed by atoms with Crippen LogP contribution in [-0.4, -0.2) is 29.9 Å². The number of aryl methyl sites for hydroxylation is 1. The molecule has 0 spiro atoms. The van der Waals surface area contributed by atoms with Gasteiger partial charge in [0.25, 0.3) is 5.91 Å². The van der Waals surface area contributed by atoms with Gasteiger partial charge in [-0.2, -0.15) is 11.8 Å². The molecule has 1 aromatic carbocycles. The molecule has 0 fully saturated rings. The predicted molar refractivity (Wildman–Crippen MR) is 74.6 cm³/mol. The number of thioether (sulfide) groups is 1. The Hall–Kier alpha value is -1.49. The van der Waals surface area contributed by atoms with Crippen molar-refractivity contribution in [3.8, 4) is 0 Å². The van der Waals surface area contributed by atoms with Gasteiger partial charge in [-0.3, -0.25) is 9.59 Å². The zero-order valence-electron chi connectivity index (χ0n) is 10.6. The Morgan fingerprint density at radius 3 is 2.72 bits per heavy atom. The van der Waals surface area contributed by atoms with Crippen LogP contribution >= 0.6 is 11.8 Å². The molecule has 0 radical (unpaired) electrons. The van der Waals surface area contributed by atoms with Crippen molar-refractivity contribution in [1.29, 1.82) is 0 Å². The lowest BCUT2D eigenvalue weighted by atomic mass is 10.1. The summed E-state index contributed by atoms with van der Waals surface area (Å²) in [5.41, 5.74) is 6.82. The summed E-state index contributed by atoms with van der Waals surface area (Å²) >= 11 is 1.61. The first-order valence-electron chi connectivity index (χ1n) is 5.70. The Morgan fingerprint density at radius 1 is 1.44 bits per heavy atom. The number of carbonyl (C=O) groups is 2. The molecule has 1 atom stereocenters. The minimum atomic E-state index is -0.606. The third-order valence-electron chi connectivity index (χ3n) is 2.54. The first kappa shape index (κ1) is 14.6. The molecule has 3 N–H and O–H groups in total. The van der Waals surface area contributed by atoms with Gasteiger partial charge in [-0.15, -0.1) is 0 Å². The molecule has 18 heavy (non-hydrogen) atoms. The van der Waals surface area contributed by atoms with Gasteiger partial charge in [-0.25, -0.2) is 0 Å². The van der Waals surface area contributed by atoms with Crippen LogP contribution in [0, 0.1) is 6.92 Å². The van der Waals surface area contributed by atoms with Crippen molar-refractivity contribution in [1.82, 2.24) is 5.32 Å². The maximum absolute atomic E-state index is 11.9. The molecule has 4 nitrogen and oxygen atoms in total. The maximum Gasteiger partial charge on any atom is 0.251 e. The highest BCUT2D eigenvalue weighted by atomic mass is 32.2. The highest BCUT2D eigenvalue weighted by Gasteiger charge is 2.18. The number of hydrogen-bond donors (Lipinski definition) is 2. The highest BCUT2D eigenvalue weighted by molar-refractivity contribution is 7.98. The lowest BCUT2D eigenvalue weighted by molar-refractivity contribution is -0.119. The van der Waals surface area contributed by atoms with Crippen molar-refractivity contribution in [3.63, 3.8) is 0 Å². The van der Waals surface area contributed by atoms with Gasteiger partial charge in [0.2, 0.25) is 5.91 Å². The summed E-state index contributed by atoms with van der Waals surface area (Å²) in [6.07, 6.45) is 2.49. The number of nitrogens with two attached hydrogens (primary N) is 1. The summed E-state index contributed by atoms with van der Waals surface area (Å²) in [6, 6.07) is 6.61. The average Bonchev–Trinajstić information content (AvgIpc) is 2.33. The first-order valence-corrected chi connectivity index (χ1v) is 7.09. The van der Waals surface area contributed by atoms with Gasteiger partial charge in [0, 0.05) is 5.56 Å². The molecule has 0 aliphatic rings. The fraction of sp³-hybridized carbons (Fsp3) is 0.385. The van der Waals surface area contributed by atoms with Crippen molar-refractivity contribution in [2.24, 2.45) is 5.73 Å². The van der Waals surface area contributed by atoms with E-state index in [4.69, 9.17) is 5.73 Å². The van der Waals surface area contributed by atoms with Gasteiger partial charge in [0.15, 0.2) is 0 Å². The van der Waals surface area contributed by atoms with Crippen LogP contribution < -0.4 is 11.1 Å². The van der Waals surface area contributed by atoms with Crippen LogP contribution in [0.5, 0.6) is 0 Å². The molecule has 1 rings (SSSR count). The van der Waals surface area contributed by atoms with Gasteiger partial charge in [0.05, 0.1) is 0 Å². The molecule has 98 valence electrons. The standard InChI is InChI=1S/C13H18N2O2S/c1-9-4-3-5-10(8-9)13(17)15-11(12(14)16)6-7-18-2/h3-5,8,11H,6-7H2,1-2H3,(H2,14,16)(H,15,17)/t11-/m0/s1. The molecule has 0 unspecified atom stereocenters. The van der Waals surface area contributed by atoms with Crippen molar-refractivity contribution >= 4 is 23.6 Å². The zero-order chi connectivity index (χ0) is 13.5. The number of amides is 2. The monoisotopic (exact) mass is 266 g/mol. The van der Waals surface area contributed by atoms with Crippen LogP contribution in [0.2, 0.25) is 0 Å². The number of primary amides is 1. The van der Waals surface area contributed by atoms with Gasteiger partial charge in [-0.05, 0) is 37.5 Å². The average molecular weight is 266 g/mol. The van der Waals surface area contributed by atoms with Crippen molar-refractivity contribution in [3.05, 3.63) is 35.4 Å². The van der Waals surface area contributed by atoms with Crippen molar-refractivity contribution < 1.29 is 9.59 Å². The quantitative estimate of drug-likeness (QED) is 0.816. The van der Waals surface area contributed by atoms with E-state index in [2.05, 4.69) is 5.32 Å². The van der Waals surface area contributed by atoms with Crippen LogP contribution in [0.15, 0.2) is 24.3 Å². The molecule has 1 aromatic rings. The molecule has 0 bridgehead atoms. The Kier molecular flexibility index (Phi) is 5.71. The number of hydrogen-bond acceptors (Lipinski definition) is 3. The summed E-state index contributed by atoms with van der Waals surface area (Å²) in [5, 5.41) is 2.67. The third kappa shape index (κ3) is 4.41. The minimum Gasteiger partial charge on any atom is -0.368 e. The Balaban J connectivity index is 2.69. The molecule has 0 aliphatic heterocycles. The molecule has 0 saturated carbocycles.